The van der Waals surface area contributed by atoms with E-state index in [1.807, 2.05) is 16.3 Å². The van der Waals surface area contributed by atoms with Gasteiger partial charge in [0.2, 0.25) is 5.95 Å². The van der Waals surface area contributed by atoms with Crippen LogP contribution in [0.5, 0.6) is 0 Å². The fraction of sp³-hybridized carbons (Fsp3) is 0.538. The van der Waals surface area contributed by atoms with Gasteiger partial charge in [0, 0.05) is 19.5 Å². The van der Waals surface area contributed by atoms with Crippen LogP contribution in [0.1, 0.15) is 6.42 Å². The molecule has 1 unspecified atom stereocenters. The summed E-state index contributed by atoms with van der Waals surface area (Å²) in [7, 11) is 0. The number of alkyl halides is 2. The van der Waals surface area contributed by atoms with Gasteiger partial charge < -0.3 is 9.64 Å². The third-order valence-corrected chi connectivity index (χ3v) is 4.90. The molecule has 7 heteroatoms. The first-order valence-corrected chi connectivity index (χ1v) is 7.38. The lowest BCUT2D eigenvalue weighted by Gasteiger charge is -2.23. The minimum Gasteiger partial charge on any atom is -0.379 e. The quantitative estimate of drug-likeness (QED) is 0.811. The van der Waals surface area contributed by atoms with Crippen molar-refractivity contribution in [3.63, 3.8) is 0 Å². The highest BCUT2D eigenvalue weighted by Gasteiger charge is 2.72. The molecule has 2 aromatic heterocycles. The van der Waals surface area contributed by atoms with E-state index in [0.29, 0.717) is 19.1 Å². The van der Waals surface area contributed by atoms with Crippen LogP contribution >= 0.6 is 11.3 Å². The molecule has 2 aromatic rings. The summed E-state index contributed by atoms with van der Waals surface area (Å²) in [5.41, 5.74) is -0.182. The Morgan fingerprint density at radius 2 is 2.25 bits per heavy atom. The third kappa shape index (κ3) is 1.80. The molecule has 2 aliphatic rings. The van der Waals surface area contributed by atoms with Crippen LogP contribution < -0.4 is 4.90 Å². The molecule has 106 valence electrons. The molecule has 1 saturated carbocycles. The lowest BCUT2D eigenvalue weighted by atomic mass is 10.1. The van der Waals surface area contributed by atoms with E-state index in [2.05, 4.69) is 9.97 Å². The predicted molar refractivity (Wildman–Crippen MR) is 72.4 cm³/mol. The number of thiophene rings is 1. The first-order chi connectivity index (χ1) is 9.60. The first kappa shape index (κ1) is 12.4. The van der Waals surface area contributed by atoms with Crippen molar-refractivity contribution in [1.82, 2.24) is 9.97 Å². The Morgan fingerprint density at radius 3 is 3.05 bits per heavy atom. The van der Waals surface area contributed by atoms with Crippen molar-refractivity contribution in [2.75, 3.05) is 31.2 Å². The van der Waals surface area contributed by atoms with Crippen molar-refractivity contribution in [2.24, 2.45) is 5.41 Å². The molecular formula is C13H13F2N3OS. The summed E-state index contributed by atoms with van der Waals surface area (Å²) in [5.74, 6) is -2.11. The second-order valence-electron chi connectivity index (χ2n) is 5.48. The minimum atomic E-state index is -2.62. The molecule has 1 saturated heterocycles. The largest absolute Gasteiger partial charge is 0.379 e. The third-order valence-electron chi connectivity index (χ3n) is 4.06. The zero-order chi connectivity index (χ0) is 13.8. The Morgan fingerprint density at radius 1 is 1.40 bits per heavy atom. The predicted octanol–water partition coefficient (Wildman–Crippen LogP) is 2.55. The zero-order valence-corrected chi connectivity index (χ0v) is 11.5. The van der Waals surface area contributed by atoms with Gasteiger partial charge in [-0.2, -0.15) is 0 Å². The number of hydrogen-bond acceptors (Lipinski definition) is 5. The number of hydrogen-bond donors (Lipinski definition) is 0. The zero-order valence-electron chi connectivity index (χ0n) is 10.7. The lowest BCUT2D eigenvalue weighted by molar-refractivity contribution is 0.0236. The SMILES string of the molecule is FC1(F)CC12COCCN(c1ncc3sccc3n1)C2. The first-order valence-electron chi connectivity index (χ1n) is 6.51. The van der Waals surface area contributed by atoms with E-state index in [1.54, 1.807) is 17.5 Å². The van der Waals surface area contributed by atoms with E-state index >= 15 is 0 Å². The molecule has 4 rings (SSSR count). The average Bonchev–Trinajstić information content (AvgIpc) is 2.77. The van der Waals surface area contributed by atoms with Crippen molar-refractivity contribution in [3.05, 3.63) is 17.6 Å². The van der Waals surface area contributed by atoms with Gasteiger partial charge in [0.1, 0.15) is 0 Å². The summed E-state index contributed by atoms with van der Waals surface area (Å²) in [6, 6.07) is 1.92. The fourth-order valence-corrected chi connectivity index (χ4v) is 3.41. The second-order valence-corrected chi connectivity index (χ2v) is 6.42. The number of fused-ring (bicyclic) bond motifs is 1. The van der Waals surface area contributed by atoms with Gasteiger partial charge in [-0.1, -0.05) is 0 Å². The maximum absolute atomic E-state index is 13.6. The molecule has 1 spiro atoms. The highest BCUT2D eigenvalue weighted by molar-refractivity contribution is 7.17. The molecule has 0 bridgehead atoms. The molecule has 4 nitrogen and oxygen atoms in total. The van der Waals surface area contributed by atoms with Gasteiger partial charge in [-0.05, 0) is 11.4 Å². The molecule has 1 aliphatic carbocycles. The molecule has 0 amide bonds. The van der Waals surface area contributed by atoms with Gasteiger partial charge in [-0.3, -0.25) is 0 Å². The molecule has 1 atom stereocenters. The molecule has 0 aromatic carbocycles. The molecule has 1 aliphatic heterocycles. The van der Waals surface area contributed by atoms with Crippen LogP contribution in [0.4, 0.5) is 14.7 Å². The van der Waals surface area contributed by atoms with E-state index < -0.39 is 11.3 Å². The maximum Gasteiger partial charge on any atom is 0.258 e. The van der Waals surface area contributed by atoms with Crippen LogP contribution in [-0.2, 0) is 4.74 Å². The lowest BCUT2D eigenvalue weighted by Crippen LogP contribution is -2.34. The Balaban J connectivity index is 1.66. The number of rotatable bonds is 1. The van der Waals surface area contributed by atoms with Crippen LogP contribution in [0, 0.1) is 5.41 Å². The minimum absolute atomic E-state index is 0.100. The Bertz CT molecular complexity index is 662. The van der Waals surface area contributed by atoms with E-state index in [0.717, 1.165) is 10.2 Å². The van der Waals surface area contributed by atoms with Gasteiger partial charge in [0.25, 0.3) is 5.92 Å². The molecule has 0 N–H and O–H groups in total. The molecule has 2 fully saturated rings. The van der Waals surface area contributed by atoms with Crippen molar-refractivity contribution in [3.8, 4) is 0 Å². The van der Waals surface area contributed by atoms with E-state index in [4.69, 9.17) is 4.74 Å². The summed E-state index contributed by atoms with van der Waals surface area (Å²) in [6.07, 6.45) is 1.66. The van der Waals surface area contributed by atoms with Crippen LogP contribution in [-0.4, -0.2) is 42.2 Å². The van der Waals surface area contributed by atoms with E-state index in [1.165, 1.54) is 0 Å². The summed E-state index contributed by atoms with van der Waals surface area (Å²) < 4.78 is 33.6. The van der Waals surface area contributed by atoms with Gasteiger partial charge in [0.05, 0.1) is 35.0 Å². The van der Waals surface area contributed by atoms with Gasteiger partial charge >= 0.3 is 0 Å². The van der Waals surface area contributed by atoms with Crippen molar-refractivity contribution in [2.45, 2.75) is 12.3 Å². The van der Waals surface area contributed by atoms with E-state index in [9.17, 15) is 8.78 Å². The summed E-state index contributed by atoms with van der Waals surface area (Å²) >= 11 is 1.57. The van der Waals surface area contributed by atoms with Gasteiger partial charge in [-0.25, -0.2) is 18.7 Å². The fourth-order valence-electron chi connectivity index (χ4n) is 2.72. The smallest absolute Gasteiger partial charge is 0.258 e. The van der Waals surface area contributed by atoms with Crippen LogP contribution in [0.3, 0.4) is 0 Å². The standard InChI is InChI=1S/C13H13F2N3OS/c14-13(15)6-12(13)7-18(2-3-19-8-12)11-16-5-10-9(17-11)1-4-20-10/h1,4-5H,2-3,6-8H2. The highest BCUT2D eigenvalue weighted by atomic mass is 32.1. The number of nitrogens with zero attached hydrogens (tertiary/aromatic N) is 3. The Labute approximate surface area is 118 Å². The highest BCUT2D eigenvalue weighted by Crippen LogP contribution is 2.61. The second kappa shape index (κ2) is 4.08. The summed E-state index contributed by atoms with van der Waals surface area (Å²) in [5, 5.41) is 1.95. The van der Waals surface area contributed by atoms with Gasteiger partial charge in [0.15, 0.2) is 0 Å². The number of halogens is 2. The number of anilines is 1. The normalized spacial score (nSPS) is 28.8. The van der Waals surface area contributed by atoms with Crippen molar-refractivity contribution in [1.29, 1.82) is 0 Å². The van der Waals surface area contributed by atoms with Crippen LogP contribution in [0.2, 0.25) is 0 Å². The maximum atomic E-state index is 13.6. The molecule has 20 heavy (non-hydrogen) atoms. The van der Waals surface area contributed by atoms with Crippen molar-refractivity contribution < 1.29 is 13.5 Å². The number of aromatic nitrogens is 2. The topological polar surface area (TPSA) is 38.2 Å². The molecular weight excluding hydrogens is 284 g/mol. The number of ether oxygens (including phenoxy) is 1. The van der Waals surface area contributed by atoms with Crippen LogP contribution in [0.25, 0.3) is 10.2 Å². The average molecular weight is 297 g/mol. The molecule has 3 heterocycles. The molecule has 0 radical (unpaired) electrons. The Hall–Kier alpha value is -1.34. The van der Waals surface area contributed by atoms with E-state index in [-0.39, 0.29) is 19.6 Å². The van der Waals surface area contributed by atoms with Gasteiger partial charge in [-0.15, -0.1) is 11.3 Å². The summed E-state index contributed by atoms with van der Waals surface area (Å²) in [4.78, 5) is 10.6. The Kier molecular flexibility index (Phi) is 2.53. The van der Waals surface area contributed by atoms with Crippen molar-refractivity contribution >= 4 is 27.5 Å². The van der Waals surface area contributed by atoms with Crippen LogP contribution in [0.15, 0.2) is 17.6 Å². The summed E-state index contributed by atoms with van der Waals surface area (Å²) in [6.45, 7) is 1.36. The monoisotopic (exact) mass is 297 g/mol.